The van der Waals surface area contributed by atoms with Crippen molar-refractivity contribution in [2.24, 2.45) is 0 Å². The molecule has 14 nitrogen and oxygen atoms in total. The molecule has 292 valence electrons. The molecule has 1 atom stereocenters. The lowest BCUT2D eigenvalue weighted by Crippen LogP contribution is -2.26. The fraction of sp³-hybridized carbons (Fsp3) is 0.182. The number of carbonyl (C=O) groups is 3. The topological polar surface area (TPSA) is 195 Å². The number of halogens is 8. The van der Waals surface area contributed by atoms with Crippen LogP contribution in [0.1, 0.15) is 45.7 Å². The number of hydrogen-bond acceptors (Lipinski definition) is 11. The molecule has 0 aliphatic carbocycles. The maximum atomic E-state index is 12.8. The molecular formula is C33H22Cl2F6N2O12. The van der Waals surface area contributed by atoms with Crippen molar-refractivity contribution in [2.75, 3.05) is 6.61 Å². The van der Waals surface area contributed by atoms with Gasteiger partial charge in [0.2, 0.25) is 0 Å². The maximum Gasteiger partial charge on any atom is 0.416 e. The molecule has 0 bridgehead atoms. The van der Waals surface area contributed by atoms with E-state index < -0.39 is 79.8 Å². The van der Waals surface area contributed by atoms with Crippen molar-refractivity contribution in [2.45, 2.75) is 32.3 Å². The molecule has 0 radical (unpaired) electrons. The van der Waals surface area contributed by atoms with Gasteiger partial charge in [0.1, 0.15) is 34.1 Å². The van der Waals surface area contributed by atoms with Crippen LogP contribution in [0.25, 0.3) is 0 Å². The van der Waals surface area contributed by atoms with Crippen molar-refractivity contribution in [3.05, 3.63) is 125 Å². The number of esters is 2. The number of ether oxygens (including phenoxy) is 4. The summed E-state index contributed by atoms with van der Waals surface area (Å²) in [7, 11) is 0. The van der Waals surface area contributed by atoms with Crippen LogP contribution in [-0.4, -0.2) is 45.6 Å². The van der Waals surface area contributed by atoms with E-state index in [9.17, 15) is 61.0 Å². The summed E-state index contributed by atoms with van der Waals surface area (Å²) in [6, 6.07) is 10.6. The second kappa shape index (κ2) is 17.8. The Balaban J connectivity index is 0.000000305. The van der Waals surface area contributed by atoms with Crippen LogP contribution in [0.3, 0.4) is 0 Å². The summed E-state index contributed by atoms with van der Waals surface area (Å²) in [4.78, 5) is 55.3. The second-order valence-electron chi connectivity index (χ2n) is 10.5. The number of carboxylic acids is 1. The van der Waals surface area contributed by atoms with Crippen LogP contribution in [-0.2, 0) is 26.6 Å². The molecule has 1 N–H and O–H groups in total. The summed E-state index contributed by atoms with van der Waals surface area (Å²) in [6.07, 6.45) is -10.5. The van der Waals surface area contributed by atoms with E-state index in [2.05, 4.69) is 0 Å². The monoisotopic (exact) mass is 822 g/mol. The minimum absolute atomic E-state index is 0.0398. The highest BCUT2D eigenvalue weighted by atomic mass is 35.5. The Morgan fingerprint density at radius 2 is 1.15 bits per heavy atom. The Morgan fingerprint density at radius 1 is 0.727 bits per heavy atom. The van der Waals surface area contributed by atoms with Crippen LogP contribution < -0.4 is 9.47 Å². The first kappa shape index (κ1) is 43.3. The smallest absolute Gasteiger partial charge is 0.416 e. The molecule has 1 unspecified atom stereocenters. The van der Waals surface area contributed by atoms with Crippen molar-refractivity contribution >= 4 is 52.5 Å². The molecule has 0 aliphatic rings. The van der Waals surface area contributed by atoms with Crippen LogP contribution in [0, 0.1) is 20.2 Å². The Labute approximate surface area is 314 Å². The van der Waals surface area contributed by atoms with Crippen molar-refractivity contribution in [1.82, 2.24) is 0 Å². The van der Waals surface area contributed by atoms with Gasteiger partial charge in [-0.15, -0.1) is 0 Å². The van der Waals surface area contributed by atoms with E-state index in [1.807, 2.05) is 0 Å². The zero-order valence-corrected chi connectivity index (χ0v) is 29.1. The maximum absolute atomic E-state index is 12.8. The molecule has 0 saturated heterocycles. The number of aromatic carboxylic acids is 1. The van der Waals surface area contributed by atoms with Gasteiger partial charge in [0.15, 0.2) is 6.10 Å². The Morgan fingerprint density at radius 3 is 1.51 bits per heavy atom. The van der Waals surface area contributed by atoms with Gasteiger partial charge in [0, 0.05) is 24.3 Å². The molecule has 4 rings (SSSR count). The average molecular weight is 823 g/mol. The van der Waals surface area contributed by atoms with E-state index in [1.165, 1.54) is 6.92 Å². The molecule has 4 aromatic carbocycles. The summed E-state index contributed by atoms with van der Waals surface area (Å²) < 4.78 is 96.1. The van der Waals surface area contributed by atoms with Crippen LogP contribution >= 0.6 is 23.2 Å². The highest BCUT2D eigenvalue weighted by Crippen LogP contribution is 2.39. The van der Waals surface area contributed by atoms with Gasteiger partial charge in [0.05, 0.1) is 37.6 Å². The standard InChI is InChI=1S/C19H15ClF3NO7.C14H7ClF3NO5/c1-3-29-17(25)10(2)30-18(26)13-9-12(5-6-15(13)24(27)28)31-16-7-4-11(8-14(16)20)19(21,22)23;15-10-5-7(14(16,17)18)1-4-12(10)24-8-2-3-11(19(22)23)9(6-8)13(20)21/h4-10H,3H2,1-2H3;1-6H,(H,20,21). The van der Waals surface area contributed by atoms with Gasteiger partial charge in [-0.2, -0.15) is 26.3 Å². The molecule has 0 saturated carbocycles. The summed E-state index contributed by atoms with van der Waals surface area (Å²) in [6.45, 7) is 2.81. The second-order valence-corrected chi connectivity index (χ2v) is 11.3. The molecule has 22 heteroatoms. The first-order valence-electron chi connectivity index (χ1n) is 14.8. The summed E-state index contributed by atoms with van der Waals surface area (Å²) in [5, 5.41) is 30.3. The third-order valence-electron chi connectivity index (χ3n) is 6.66. The largest absolute Gasteiger partial charge is 0.477 e. The number of carboxylic acid groups (broad SMARTS) is 1. The number of nitrogens with zero attached hydrogens (tertiary/aromatic N) is 2. The number of hydrogen-bond donors (Lipinski definition) is 1. The van der Waals surface area contributed by atoms with E-state index in [0.29, 0.717) is 12.1 Å². The quantitative estimate of drug-likeness (QED) is 0.0652. The SMILES string of the molecule is CCOC(=O)C(C)OC(=O)c1cc(Oc2ccc(C(F)(F)F)cc2Cl)ccc1[N+](=O)[O-].O=C(O)c1cc(Oc2ccc(C(F)(F)F)cc2Cl)ccc1[N+](=O)[O-]. The van der Waals surface area contributed by atoms with Gasteiger partial charge in [-0.1, -0.05) is 23.2 Å². The molecule has 0 aliphatic heterocycles. The van der Waals surface area contributed by atoms with Gasteiger partial charge in [-0.3, -0.25) is 20.2 Å². The van der Waals surface area contributed by atoms with E-state index >= 15 is 0 Å². The minimum atomic E-state index is -4.61. The van der Waals surface area contributed by atoms with Crippen molar-refractivity contribution < 1.29 is 74.6 Å². The molecule has 0 fully saturated rings. The van der Waals surface area contributed by atoms with Crippen molar-refractivity contribution in [3.63, 3.8) is 0 Å². The zero-order chi connectivity index (χ0) is 41.4. The van der Waals surface area contributed by atoms with Crippen LogP contribution in [0.15, 0.2) is 72.8 Å². The van der Waals surface area contributed by atoms with Crippen LogP contribution in [0.4, 0.5) is 37.7 Å². The fourth-order valence-corrected chi connectivity index (χ4v) is 4.55. The lowest BCUT2D eigenvalue weighted by Gasteiger charge is -2.13. The van der Waals surface area contributed by atoms with Crippen LogP contribution in [0.5, 0.6) is 23.0 Å². The molecule has 55 heavy (non-hydrogen) atoms. The summed E-state index contributed by atoms with van der Waals surface area (Å²) in [5.41, 5.74) is -4.41. The molecule has 0 heterocycles. The summed E-state index contributed by atoms with van der Waals surface area (Å²) in [5.74, 6) is -4.19. The molecule has 0 spiro atoms. The van der Waals surface area contributed by atoms with Crippen LogP contribution in [0.2, 0.25) is 10.0 Å². The predicted octanol–water partition coefficient (Wildman–Crippen LogP) is 9.93. The number of benzene rings is 4. The van der Waals surface area contributed by atoms with E-state index in [-0.39, 0.29) is 39.7 Å². The Bertz CT molecular complexity index is 2130. The van der Waals surface area contributed by atoms with Gasteiger partial charge in [-0.25, -0.2) is 14.4 Å². The third-order valence-corrected chi connectivity index (χ3v) is 7.25. The minimum Gasteiger partial charge on any atom is -0.477 e. The first-order valence-corrected chi connectivity index (χ1v) is 15.6. The molecular weight excluding hydrogens is 801 g/mol. The Hall–Kier alpha value is -6.15. The highest BCUT2D eigenvalue weighted by molar-refractivity contribution is 6.32. The Kier molecular flexibility index (Phi) is 14.0. The van der Waals surface area contributed by atoms with Gasteiger partial charge in [-0.05, 0) is 62.4 Å². The zero-order valence-electron chi connectivity index (χ0n) is 27.6. The van der Waals surface area contributed by atoms with Crippen molar-refractivity contribution in [1.29, 1.82) is 0 Å². The third kappa shape index (κ3) is 11.7. The highest BCUT2D eigenvalue weighted by Gasteiger charge is 2.33. The summed E-state index contributed by atoms with van der Waals surface area (Å²) >= 11 is 11.5. The lowest BCUT2D eigenvalue weighted by molar-refractivity contribution is -0.385. The van der Waals surface area contributed by atoms with Gasteiger partial charge < -0.3 is 24.1 Å². The van der Waals surface area contributed by atoms with Gasteiger partial charge in [0.25, 0.3) is 11.4 Å². The fourth-order valence-electron chi connectivity index (χ4n) is 4.12. The van der Waals surface area contributed by atoms with E-state index in [0.717, 1.165) is 60.7 Å². The first-order chi connectivity index (χ1) is 25.5. The number of alkyl halides is 6. The number of rotatable bonds is 11. The molecule has 0 aromatic heterocycles. The normalized spacial score (nSPS) is 11.7. The predicted molar refractivity (Wildman–Crippen MR) is 178 cm³/mol. The van der Waals surface area contributed by atoms with E-state index in [4.69, 9.17) is 47.3 Å². The van der Waals surface area contributed by atoms with E-state index in [1.54, 1.807) is 6.92 Å². The molecule has 0 amide bonds. The average Bonchev–Trinajstić information content (AvgIpc) is 3.09. The molecule has 4 aromatic rings. The van der Waals surface area contributed by atoms with Crippen molar-refractivity contribution in [3.8, 4) is 23.0 Å². The number of nitro groups is 2. The lowest BCUT2D eigenvalue weighted by atomic mass is 10.1. The van der Waals surface area contributed by atoms with Gasteiger partial charge >= 0.3 is 30.3 Å². The number of nitro benzene ring substituents is 2. The number of carbonyl (C=O) groups excluding carboxylic acids is 2.